The Morgan fingerprint density at radius 3 is 2.06 bits per heavy atom. The molecule has 0 heterocycles. The Hall–Kier alpha value is -0.280. The van der Waals surface area contributed by atoms with Gasteiger partial charge in [0.15, 0.2) is 0 Å². The highest BCUT2D eigenvalue weighted by molar-refractivity contribution is 5.85. The van der Waals surface area contributed by atoms with Crippen LogP contribution in [-0.4, -0.2) is 29.9 Å². The van der Waals surface area contributed by atoms with Crippen LogP contribution in [0.3, 0.4) is 0 Å². The molecule has 1 rings (SSSR count). The summed E-state index contributed by atoms with van der Waals surface area (Å²) in [5.74, 6) is 0.0884. The molecule has 2 N–H and O–H groups in total. The lowest BCUT2D eigenvalue weighted by Crippen LogP contribution is -2.46. The smallest absolute Gasteiger partial charge is 0.226 e. The molecule has 3 unspecified atom stereocenters. The molecule has 1 aliphatic rings. The first-order valence-electron chi connectivity index (χ1n) is 5.82. The SMILES string of the molecule is CC(N)C(C)C(=O)N(C)C(C)C1(C)CC1.Cl. The summed E-state index contributed by atoms with van der Waals surface area (Å²) in [7, 11) is 1.90. The number of halogens is 1. The summed E-state index contributed by atoms with van der Waals surface area (Å²) in [6.07, 6.45) is 2.47. The molecule has 16 heavy (non-hydrogen) atoms. The molecule has 1 fully saturated rings. The predicted octanol–water partition coefficient (Wildman–Crippen LogP) is 2.04. The Morgan fingerprint density at radius 2 is 1.75 bits per heavy atom. The van der Waals surface area contributed by atoms with Crippen molar-refractivity contribution >= 4 is 18.3 Å². The third-order valence-corrected chi connectivity index (χ3v) is 4.15. The Balaban J connectivity index is 0.00000225. The van der Waals surface area contributed by atoms with Gasteiger partial charge in [0.05, 0.1) is 5.92 Å². The van der Waals surface area contributed by atoms with Gasteiger partial charge in [-0.05, 0) is 32.1 Å². The minimum Gasteiger partial charge on any atom is -0.342 e. The van der Waals surface area contributed by atoms with Crippen molar-refractivity contribution in [2.75, 3.05) is 7.05 Å². The largest absolute Gasteiger partial charge is 0.342 e. The summed E-state index contributed by atoms with van der Waals surface area (Å²) in [5, 5.41) is 0. The van der Waals surface area contributed by atoms with Crippen LogP contribution in [0.5, 0.6) is 0 Å². The zero-order valence-electron chi connectivity index (χ0n) is 11.0. The highest BCUT2D eigenvalue weighted by atomic mass is 35.5. The number of nitrogens with zero attached hydrogens (tertiary/aromatic N) is 1. The molecule has 1 aliphatic carbocycles. The number of hydrogen-bond acceptors (Lipinski definition) is 2. The van der Waals surface area contributed by atoms with Crippen molar-refractivity contribution in [3.63, 3.8) is 0 Å². The number of hydrogen-bond donors (Lipinski definition) is 1. The molecule has 96 valence electrons. The highest BCUT2D eigenvalue weighted by Crippen LogP contribution is 2.49. The molecule has 0 saturated heterocycles. The van der Waals surface area contributed by atoms with Gasteiger partial charge >= 0.3 is 0 Å². The van der Waals surface area contributed by atoms with E-state index in [1.807, 2.05) is 25.8 Å². The normalized spacial score (nSPS) is 22.6. The fraction of sp³-hybridized carbons (Fsp3) is 0.917. The van der Waals surface area contributed by atoms with Crippen LogP contribution < -0.4 is 5.73 Å². The molecular weight excluding hydrogens is 224 g/mol. The second-order valence-corrected chi connectivity index (χ2v) is 5.43. The van der Waals surface area contributed by atoms with Gasteiger partial charge in [-0.15, -0.1) is 12.4 Å². The lowest BCUT2D eigenvalue weighted by molar-refractivity contribution is -0.137. The van der Waals surface area contributed by atoms with Gasteiger partial charge in [0.1, 0.15) is 0 Å². The number of carbonyl (C=O) groups is 1. The summed E-state index contributed by atoms with van der Waals surface area (Å²) < 4.78 is 0. The van der Waals surface area contributed by atoms with Crippen LogP contribution in [0.25, 0.3) is 0 Å². The lowest BCUT2D eigenvalue weighted by atomic mass is 9.96. The second kappa shape index (κ2) is 5.37. The molecule has 0 radical (unpaired) electrons. The Labute approximate surface area is 105 Å². The van der Waals surface area contributed by atoms with Crippen LogP contribution >= 0.6 is 12.4 Å². The first kappa shape index (κ1) is 15.7. The average molecular weight is 249 g/mol. The van der Waals surface area contributed by atoms with E-state index in [1.54, 1.807) is 0 Å². The molecule has 4 heteroatoms. The third-order valence-electron chi connectivity index (χ3n) is 4.15. The van der Waals surface area contributed by atoms with Gasteiger partial charge in [-0.3, -0.25) is 4.79 Å². The summed E-state index contributed by atoms with van der Waals surface area (Å²) >= 11 is 0. The summed E-state index contributed by atoms with van der Waals surface area (Å²) in [6, 6.07) is 0.255. The van der Waals surface area contributed by atoms with E-state index < -0.39 is 0 Å². The van der Waals surface area contributed by atoms with Crippen LogP contribution in [0, 0.1) is 11.3 Å². The fourth-order valence-electron chi connectivity index (χ4n) is 1.82. The van der Waals surface area contributed by atoms with Crippen molar-refractivity contribution in [2.24, 2.45) is 17.1 Å². The van der Waals surface area contributed by atoms with Crippen molar-refractivity contribution in [3.05, 3.63) is 0 Å². The first-order valence-corrected chi connectivity index (χ1v) is 5.82. The molecule has 0 spiro atoms. The predicted molar refractivity (Wildman–Crippen MR) is 69.6 cm³/mol. The summed E-state index contributed by atoms with van der Waals surface area (Å²) in [4.78, 5) is 13.9. The zero-order chi connectivity index (χ0) is 11.8. The Bertz CT molecular complexity index is 251. The van der Waals surface area contributed by atoms with E-state index in [4.69, 9.17) is 5.73 Å². The zero-order valence-corrected chi connectivity index (χ0v) is 11.8. The van der Waals surface area contributed by atoms with Crippen molar-refractivity contribution < 1.29 is 4.79 Å². The van der Waals surface area contributed by atoms with E-state index >= 15 is 0 Å². The molecule has 0 aromatic carbocycles. The molecule has 1 saturated carbocycles. The molecule has 3 nitrogen and oxygen atoms in total. The highest BCUT2D eigenvalue weighted by Gasteiger charge is 2.45. The van der Waals surface area contributed by atoms with Crippen LogP contribution in [0.4, 0.5) is 0 Å². The van der Waals surface area contributed by atoms with Crippen LogP contribution in [-0.2, 0) is 4.79 Å². The molecule has 0 bridgehead atoms. The van der Waals surface area contributed by atoms with Crippen molar-refractivity contribution in [3.8, 4) is 0 Å². The molecule has 0 aromatic heterocycles. The van der Waals surface area contributed by atoms with E-state index in [9.17, 15) is 4.79 Å². The monoisotopic (exact) mass is 248 g/mol. The minimum atomic E-state index is -0.0835. The van der Waals surface area contributed by atoms with E-state index in [0.29, 0.717) is 11.5 Å². The van der Waals surface area contributed by atoms with E-state index in [0.717, 1.165) is 0 Å². The molecule has 0 aromatic rings. The van der Waals surface area contributed by atoms with Gasteiger partial charge in [0.2, 0.25) is 5.91 Å². The minimum absolute atomic E-state index is 0. The maximum atomic E-state index is 12.0. The maximum Gasteiger partial charge on any atom is 0.226 e. The topological polar surface area (TPSA) is 46.3 Å². The second-order valence-electron chi connectivity index (χ2n) is 5.43. The molecule has 0 aliphatic heterocycles. The van der Waals surface area contributed by atoms with E-state index in [1.165, 1.54) is 12.8 Å². The van der Waals surface area contributed by atoms with Gasteiger partial charge < -0.3 is 10.6 Å². The summed E-state index contributed by atoms with van der Waals surface area (Å²) in [6.45, 7) is 8.18. The van der Waals surface area contributed by atoms with E-state index in [-0.39, 0.29) is 30.3 Å². The van der Waals surface area contributed by atoms with Crippen LogP contribution in [0.15, 0.2) is 0 Å². The number of rotatable bonds is 4. The van der Waals surface area contributed by atoms with Crippen LogP contribution in [0.2, 0.25) is 0 Å². The Kier molecular flexibility index (Phi) is 5.27. The van der Waals surface area contributed by atoms with Gasteiger partial charge in [-0.1, -0.05) is 13.8 Å². The van der Waals surface area contributed by atoms with Crippen LogP contribution in [0.1, 0.15) is 40.5 Å². The van der Waals surface area contributed by atoms with Gasteiger partial charge in [0, 0.05) is 19.1 Å². The van der Waals surface area contributed by atoms with Gasteiger partial charge in [-0.25, -0.2) is 0 Å². The standard InChI is InChI=1S/C12H24N2O.ClH/c1-8(9(2)13)11(15)14(5)10(3)12(4)6-7-12;/h8-10H,6-7,13H2,1-5H3;1H. The quantitative estimate of drug-likeness (QED) is 0.828. The number of amides is 1. The number of carbonyl (C=O) groups excluding carboxylic acids is 1. The Morgan fingerprint density at radius 1 is 1.31 bits per heavy atom. The van der Waals surface area contributed by atoms with Crippen molar-refractivity contribution in [1.82, 2.24) is 4.90 Å². The molecule has 1 amide bonds. The van der Waals surface area contributed by atoms with E-state index in [2.05, 4.69) is 13.8 Å². The summed E-state index contributed by atoms with van der Waals surface area (Å²) in [5.41, 5.74) is 6.10. The third kappa shape index (κ3) is 3.11. The first-order chi connectivity index (χ1) is 6.79. The van der Waals surface area contributed by atoms with Gasteiger partial charge in [0.25, 0.3) is 0 Å². The number of nitrogens with two attached hydrogens (primary N) is 1. The van der Waals surface area contributed by atoms with Crippen molar-refractivity contribution in [1.29, 1.82) is 0 Å². The molecule has 3 atom stereocenters. The fourth-order valence-corrected chi connectivity index (χ4v) is 1.82. The lowest BCUT2D eigenvalue weighted by Gasteiger charge is -2.32. The molecular formula is C12H25ClN2O. The maximum absolute atomic E-state index is 12.0. The van der Waals surface area contributed by atoms with Crippen molar-refractivity contribution in [2.45, 2.75) is 52.6 Å². The van der Waals surface area contributed by atoms with Gasteiger partial charge in [-0.2, -0.15) is 0 Å². The average Bonchev–Trinajstić information content (AvgIpc) is 2.93.